The molecule has 3 rings (SSSR count). The fraction of sp³-hybridized carbons (Fsp3) is 0.333. The molecule has 0 atom stereocenters. The Labute approximate surface area is 263 Å². The topological polar surface area (TPSA) is 123 Å². The molecule has 4 N–H and O–H groups in total. The highest BCUT2D eigenvalue weighted by Crippen LogP contribution is 2.32. The second kappa shape index (κ2) is 17.0. The molecular weight excluding hydrogens is 615 g/mol. The van der Waals surface area contributed by atoms with Crippen LogP contribution in [0.25, 0.3) is 6.08 Å². The molecular formula is C33H35F5N2O6. The SMILES string of the molecule is Nc1cc(N)cc(C(=O)OCCCCCCOC(=O)/C=C/c2ccc(C(F)(F)Oc3ccc(OCCCC(F)(F)F)cc3)cc2)c1. The second-order valence-corrected chi connectivity index (χ2v) is 10.2. The molecule has 0 radical (unpaired) electrons. The zero-order valence-electron chi connectivity index (χ0n) is 24.9. The molecule has 0 spiro atoms. The number of nitrogen functional groups attached to an aromatic ring is 2. The van der Waals surface area contributed by atoms with Gasteiger partial charge in [0.2, 0.25) is 0 Å². The van der Waals surface area contributed by atoms with Crippen molar-refractivity contribution in [1.29, 1.82) is 0 Å². The number of hydrogen-bond acceptors (Lipinski definition) is 8. The molecule has 0 heterocycles. The molecule has 0 aliphatic carbocycles. The number of benzene rings is 3. The smallest absolute Gasteiger partial charge is 0.426 e. The molecule has 46 heavy (non-hydrogen) atoms. The molecule has 0 amide bonds. The highest BCUT2D eigenvalue weighted by atomic mass is 19.4. The summed E-state index contributed by atoms with van der Waals surface area (Å²) < 4.78 is 86.3. The van der Waals surface area contributed by atoms with Crippen LogP contribution < -0.4 is 20.9 Å². The van der Waals surface area contributed by atoms with E-state index < -0.39 is 36.2 Å². The van der Waals surface area contributed by atoms with Crippen LogP contribution >= 0.6 is 0 Å². The van der Waals surface area contributed by atoms with Gasteiger partial charge in [-0.25, -0.2) is 9.59 Å². The Morgan fingerprint density at radius 1 is 0.696 bits per heavy atom. The van der Waals surface area contributed by atoms with Gasteiger partial charge in [-0.3, -0.25) is 0 Å². The first-order valence-electron chi connectivity index (χ1n) is 14.5. The van der Waals surface area contributed by atoms with Crippen LogP contribution in [0.4, 0.5) is 33.3 Å². The van der Waals surface area contributed by atoms with E-state index in [-0.39, 0.29) is 43.3 Å². The summed E-state index contributed by atoms with van der Waals surface area (Å²) in [7, 11) is 0. The molecule has 0 saturated heterocycles. The highest BCUT2D eigenvalue weighted by molar-refractivity contribution is 5.91. The summed E-state index contributed by atoms with van der Waals surface area (Å²) in [5.74, 6) is -1.02. The predicted octanol–water partition coefficient (Wildman–Crippen LogP) is 7.67. The van der Waals surface area contributed by atoms with E-state index in [2.05, 4.69) is 0 Å². The third-order valence-corrected chi connectivity index (χ3v) is 6.33. The fourth-order valence-corrected chi connectivity index (χ4v) is 4.05. The number of hydrogen-bond donors (Lipinski definition) is 2. The van der Waals surface area contributed by atoms with Crippen LogP contribution in [0.5, 0.6) is 11.5 Å². The standard InChI is InChI=1S/C33H35F5N2O6/c34-32(35,36)16-5-19-43-28-11-13-29(14-12-28)46-33(37,38)25-9-6-23(7-10-25)8-15-30(41)44-17-3-1-2-4-18-45-31(42)24-20-26(39)22-27(40)21-24/h6-15,20-22H,1-5,16-19,39-40H2/b15-8+. The van der Waals surface area contributed by atoms with E-state index in [9.17, 15) is 31.5 Å². The maximum Gasteiger partial charge on any atom is 0.426 e. The third kappa shape index (κ3) is 13.0. The number of anilines is 2. The van der Waals surface area contributed by atoms with Gasteiger partial charge in [0, 0.05) is 23.9 Å². The number of rotatable bonds is 17. The number of nitrogens with two attached hydrogens (primary N) is 2. The minimum Gasteiger partial charge on any atom is -0.494 e. The Hall–Kier alpha value is -4.81. The van der Waals surface area contributed by atoms with Crippen LogP contribution in [0.3, 0.4) is 0 Å². The molecule has 3 aromatic rings. The molecule has 13 heteroatoms. The normalized spacial score (nSPS) is 11.8. The van der Waals surface area contributed by atoms with Crippen LogP contribution in [-0.4, -0.2) is 37.9 Å². The first kappa shape index (κ1) is 35.7. The number of halogens is 5. The molecule has 0 bridgehead atoms. The van der Waals surface area contributed by atoms with Crippen LogP contribution in [0, 0.1) is 0 Å². The number of unbranched alkanes of at least 4 members (excludes halogenated alkanes) is 3. The number of carbonyl (C=O) groups is 2. The quantitative estimate of drug-likeness (QED) is 0.0502. The Balaban J connectivity index is 1.31. The van der Waals surface area contributed by atoms with Gasteiger partial charge >= 0.3 is 24.2 Å². The van der Waals surface area contributed by atoms with E-state index in [0.29, 0.717) is 29.8 Å². The number of alkyl halides is 5. The third-order valence-electron chi connectivity index (χ3n) is 6.33. The van der Waals surface area contributed by atoms with Crippen molar-refractivity contribution in [2.75, 3.05) is 31.3 Å². The number of ether oxygens (including phenoxy) is 4. The lowest BCUT2D eigenvalue weighted by Crippen LogP contribution is -2.21. The minimum atomic E-state index is -4.27. The number of carbonyl (C=O) groups excluding carboxylic acids is 2. The summed E-state index contributed by atoms with van der Waals surface area (Å²) >= 11 is 0. The molecule has 0 aliphatic heterocycles. The van der Waals surface area contributed by atoms with Crippen molar-refractivity contribution in [3.8, 4) is 11.5 Å². The summed E-state index contributed by atoms with van der Waals surface area (Å²) in [6, 6.07) is 14.7. The Morgan fingerprint density at radius 3 is 1.89 bits per heavy atom. The molecule has 3 aromatic carbocycles. The van der Waals surface area contributed by atoms with Crippen LogP contribution in [0.15, 0.2) is 72.8 Å². The van der Waals surface area contributed by atoms with Gasteiger partial charge in [-0.2, -0.15) is 22.0 Å². The summed E-state index contributed by atoms with van der Waals surface area (Å²) in [6.07, 6.45) is -3.77. The van der Waals surface area contributed by atoms with E-state index >= 15 is 0 Å². The monoisotopic (exact) mass is 650 g/mol. The Kier molecular flexibility index (Phi) is 13.2. The maximum absolute atomic E-state index is 14.7. The van der Waals surface area contributed by atoms with Gasteiger partial charge in [-0.1, -0.05) is 12.1 Å². The van der Waals surface area contributed by atoms with Crippen molar-refractivity contribution >= 4 is 29.4 Å². The van der Waals surface area contributed by atoms with Crippen LogP contribution in [0.2, 0.25) is 0 Å². The Morgan fingerprint density at radius 2 is 1.28 bits per heavy atom. The zero-order chi connectivity index (χ0) is 33.6. The van der Waals surface area contributed by atoms with Crippen molar-refractivity contribution in [2.24, 2.45) is 0 Å². The van der Waals surface area contributed by atoms with E-state index in [1.807, 2.05) is 0 Å². The average Bonchev–Trinajstić information content (AvgIpc) is 2.99. The fourth-order valence-electron chi connectivity index (χ4n) is 4.05. The van der Waals surface area contributed by atoms with Crippen molar-refractivity contribution in [3.63, 3.8) is 0 Å². The van der Waals surface area contributed by atoms with Gasteiger partial charge in [-0.05, 0) is 98.3 Å². The summed E-state index contributed by atoms with van der Waals surface area (Å²) in [4.78, 5) is 24.0. The lowest BCUT2D eigenvalue weighted by Gasteiger charge is -2.18. The predicted molar refractivity (Wildman–Crippen MR) is 162 cm³/mol. The van der Waals surface area contributed by atoms with E-state index in [1.54, 1.807) is 6.07 Å². The molecule has 0 saturated carbocycles. The molecule has 0 fully saturated rings. The first-order chi connectivity index (χ1) is 21.8. The van der Waals surface area contributed by atoms with Gasteiger partial charge in [-0.15, -0.1) is 0 Å². The van der Waals surface area contributed by atoms with Crippen molar-refractivity contribution < 1.29 is 50.5 Å². The van der Waals surface area contributed by atoms with Crippen molar-refractivity contribution in [2.45, 2.75) is 50.8 Å². The summed E-state index contributed by atoms with van der Waals surface area (Å²) in [5, 5.41) is 0. The maximum atomic E-state index is 14.7. The number of esters is 2. The van der Waals surface area contributed by atoms with Gasteiger partial charge in [0.05, 0.1) is 30.9 Å². The van der Waals surface area contributed by atoms with Gasteiger partial charge in [0.1, 0.15) is 11.5 Å². The molecule has 248 valence electrons. The van der Waals surface area contributed by atoms with E-state index in [0.717, 1.165) is 25.0 Å². The summed E-state index contributed by atoms with van der Waals surface area (Å²) in [6.45, 7) is 0.258. The van der Waals surface area contributed by atoms with Gasteiger partial charge in [0.25, 0.3) is 0 Å². The lowest BCUT2D eigenvalue weighted by molar-refractivity contribution is -0.185. The second-order valence-electron chi connectivity index (χ2n) is 10.2. The molecule has 8 nitrogen and oxygen atoms in total. The molecule has 0 aromatic heterocycles. The van der Waals surface area contributed by atoms with Crippen molar-refractivity contribution in [1.82, 2.24) is 0 Å². The van der Waals surface area contributed by atoms with Gasteiger partial charge < -0.3 is 30.4 Å². The molecule has 0 unspecified atom stereocenters. The lowest BCUT2D eigenvalue weighted by atomic mass is 10.1. The van der Waals surface area contributed by atoms with Gasteiger partial charge in [0.15, 0.2) is 0 Å². The average molecular weight is 651 g/mol. The summed E-state index contributed by atoms with van der Waals surface area (Å²) in [5.41, 5.74) is 12.5. The first-order valence-corrected chi connectivity index (χ1v) is 14.5. The minimum absolute atomic E-state index is 0.164. The van der Waals surface area contributed by atoms with E-state index in [1.165, 1.54) is 60.7 Å². The highest BCUT2D eigenvalue weighted by Gasteiger charge is 2.34. The van der Waals surface area contributed by atoms with Crippen LogP contribution in [-0.2, 0) is 20.4 Å². The largest absolute Gasteiger partial charge is 0.494 e. The Bertz CT molecular complexity index is 1420. The van der Waals surface area contributed by atoms with E-state index in [4.69, 9.17) is 30.4 Å². The zero-order valence-corrected chi connectivity index (χ0v) is 24.9. The molecule has 0 aliphatic rings. The van der Waals surface area contributed by atoms with Crippen LogP contribution in [0.1, 0.15) is 60.0 Å². The van der Waals surface area contributed by atoms with Crippen molar-refractivity contribution in [3.05, 3.63) is 89.5 Å².